The summed E-state index contributed by atoms with van der Waals surface area (Å²) in [5.41, 5.74) is 0.882. The van der Waals surface area contributed by atoms with E-state index in [9.17, 15) is 4.39 Å². The lowest BCUT2D eigenvalue weighted by Gasteiger charge is -2.19. The molecule has 1 rings (SSSR count). The molecule has 0 saturated heterocycles. The molecule has 1 N–H and O–H groups in total. The van der Waals surface area contributed by atoms with Gasteiger partial charge in [-0.15, -0.1) is 0 Å². The maximum atomic E-state index is 13.9. The van der Waals surface area contributed by atoms with Crippen molar-refractivity contribution in [1.82, 2.24) is 10.2 Å². The summed E-state index contributed by atoms with van der Waals surface area (Å²) in [6.45, 7) is 6.31. The first-order valence-electron chi connectivity index (χ1n) is 6.85. The Morgan fingerprint density at radius 2 is 2.11 bits per heavy atom. The van der Waals surface area contributed by atoms with E-state index >= 15 is 0 Å². The van der Waals surface area contributed by atoms with E-state index in [1.54, 1.807) is 6.07 Å². The number of ether oxygens (including phenoxy) is 1. The van der Waals surface area contributed by atoms with Crippen LogP contribution >= 0.6 is 0 Å². The van der Waals surface area contributed by atoms with Crippen molar-refractivity contribution in [2.45, 2.75) is 26.3 Å². The molecule has 0 aromatic heterocycles. The summed E-state index contributed by atoms with van der Waals surface area (Å²) in [6, 6.07) is 5.18. The third-order valence-electron chi connectivity index (χ3n) is 2.95. The molecule has 0 spiro atoms. The van der Waals surface area contributed by atoms with Crippen molar-refractivity contribution in [3.8, 4) is 5.75 Å². The normalized spacial score (nSPS) is 12.7. The zero-order valence-electron chi connectivity index (χ0n) is 12.4. The van der Waals surface area contributed by atoms with Crippen LogP contribution in [-0.4, -0.2) is 38.7 Å². The van der Waals surface area contributed by atoms with Gasteiger partial charge in [-0.3, -0.25) is 0 Å². The smallest absolute Gasteiger partial charge is 0.165 e. The zero-order chi connectivity index (χ0) is 14.3. The van der Waals surface area contributed by atoms with Crippen LogP contribution in [0.2, 0.25) is 0 Å². The number of rotatable bonds is 8. The van der Waals surface area contributed by atoms with Gasteiger partial charge in [0.15, 0.2) is 11.6 Å². The van der Waals surface area contributed by atoms with Crippen LogP contribution < -0.4 is 10.1 Å². The zero-order valence-corrected chi connectivity index (χ0v) is 12.4. The molecule has 0 amide bonds. The SMILES string of the molecule is CCCNC(C)c1cccc(F)c1OCCN(C)C. The third-order valence-corrected chi connectivity index (χ3v) is 2.95. The fraction of sp³-hybridized carbons (Fsp3) is 0.600. The lowest BCUT2D eigenvalue weighted by molar-refractivity contribution is 0.248. The molecule has 0 heterocycles. The van der Waals surface area contributed by atoms with Crippen LogP contribution in [0, 0.1) is 5.82 Å². The van der Waals surface area contributed by atoms with E-state index in [4.69, 9.17) is 4.74 Å². The highest BCUT2D eigenvalue weighted by Crippen LogP contribution is 2.28. The lowest BCUT2D eigenvalue weighted by Crippen LogP contribution is -2.22. The van der Waals surface area contributed by atoms with Crippen LogP contribution in [0.5, 0.6) is 5.75 Å². The minimum absolute atomic E-state index is 0.0880. The van der Waals surface area contributed by atoms with Crippen molar-refractivity contribution >= 4 is 0 Å². The fourth-order valence-corrected chi connectivity index (χ4v) is 1.82. The van der Waals surface area contributed by atoms with Gasteiger partial charge in [0.2, 0.25) is 0 Å². The molecule has 0 saturated carbocycles. The highest BCUT2D eigenvalue weighted by molar-refractivity contribution is 5.37. The first kappa shape index (κ1) is 15.9. The number of hydrogen-bond donors (Lipinski definition) is 1. The van der Waals surface area contributed by atoms with Crippen LogP contribution in [0.4, 0.5) is 4.39 Å². The maximum Gasteiger partial charge on any atom is 0.165 e. The van der Waals surface area contributed by atoms with Gasteiger partial charge >= 0.3 is 0 Å². The van der Waals surface area contributed by atoms with E-state index in [1.165, 1.54) is 6.07 Å². The van der Waals surface area contributed by atoms with Crippen LogP contribution in [-0.2, 0) is 0 Å². The quantitative estimate of drug-likeness (QED) is 0.784. The molecule has 1 aromatic rings. The number of hydrogen-bond acceptors (Lipinski definition) is 3. The number of likely N-dealkylation sites (N-methyl/N-ethyl adjacent to an activating group) is 1. The molecule has 1 unspecified atom stereocenters. The number of halogens is 1. The summed E-state index contributed by atoms with van der Waals surface area (Å²) in [4.78, 5) is 2.01. The van der Waals surface area contributed by atoms with E-state index in [0.717, 1.165) is 25.1 Å². The topological polar surface area (TPSA) is 24.5 Å². The van der Waals surface area contributed by atoms with Gasteiger partial charge in [0.05, 0.1) is 0 Å². The summed E-state index contributed by atoms with van der Waals surface area (Å²) in [6.07, 6.45) is 1.05. The van der Waals surface area contributed by atoms with E-state index in [1.807, 2.05) is 32.0 Å². The largest absolute Gasteiger partial charge is 0.489 e. The molecule has 0 aliphatic carbocycles. The van der Waals surface area contributed by atoms with Crippen LogP contribution in [0.3, 0.4) is 0 Å². The number of nitrogens with zero attached hydrogens (tertiary/aromatic N) is 1. The van der Waals surface area contributed by atoms with Crippen molar-refractivity contribution in [1.29, 1.82) is 0 Å². The highest BCUT2D eigenvalue weighted by atomic mass is 19.1. The summed E-state index contributed by atoms with van der Waals surface area (Å²) in [7, 11) is 3.94. The monoisotopic (exact) mass is 268 g/mol. The molecule has 19 heavy (non-hydrogen) atoms. The maximum absolute atomic E-state index is 13.9. The predicted molar refractivity (Wildman–Crippen MR) is 77.2 cm³/mol. The Kier molecular flexibility index (Phi) is 6.81. The van der Waals surface area contributed by atoms with Crippen LogP contribution in [0.15, 0.2) is 18.2 Å². The van der Waals surface area contributed by atoms with E-state index in [0.29, 0.717) is 12.4 Å². The van der Waals surface area contributed by atoms with Crippen molar-refractivity contribution in [2.24, 2.45) is 0 Å². The van der Waals surface area contributed by atoms with Gasteiger partial charge in [0, 0.05) is 18.2 Å². The molecule has 0 aliphatic rings. The predicted octanol–water partition coefficient (Wildman–Crippen LogP) is 2.83. The Hall–Kier alpha value is -1.13. The Bertz CT molecular complexity index is 382. The third kappa shape index (κ3) is 5.17. The Balaban J connectivity index is 2.76. The van der Waals surface area contributed by atoms with Gasteiger partial charge in [-0.1, -0.05) is 19.1 Å². The second kappa shape index (κ2) is 8.12. The fourth-order valence-electron chi connectivity index (χ4n) is 1.82. The van der Waals surface area contributed by atoms with Crippen molar-refractivity contribution < 1.29 is 9.13 Å². The van der Waals surface area contributed by atoms with Crippen LogP contribution in [0.1, 0.15) is 31.9 Å². The molecule has 1 aromatic carbocycles. The molecule has 1 atom stereocenters. The minimum atomic E-state index is -0.290. The molecule has 0 bridgehead atoms. The second-order valence-corrected chi connectivity index (χ2v) is 4.99. The molecule has 108 valence electrons. The van der Waals surface area contributed by atoms with E-state index in [-0.39, 0.29) is 11.9 Å². The summed E-state index contributed by atoms with van der Waals surface area (Å²) >= 11 is 0. The van der Waals surface area contributed by atoms with Gasteiger partial charge < -0.3 is 15.0 Å². The standard InChI is InChI=1S/C15H25FN2O/c1-5-9-17-12(2)13-7-6-8-14(16)15(13)19-11-10-18(3)4/h6-8,12,17H,5,9-11H2,1-4H3. The number of para-hydroxylation sites is 1. The molecule has 4 heteroatoms. The lowest BCUT2D eigenvalue weighted by atomic mass is 10.1. The van der Waals surface area contributed by atoms with Crippen molar-refractivity contribution in [2.75, 3.05) is 33.8 Å². The number of benzene rings is 1. The second-order valence-electron chi connectivity index (χ2n) is 4.99. The highest BCUT2D eigenvalue weighted by Gasteiger charge is 2.15. The van der Waals surface area contributed by atoms with Crippen molar-refractivity contribution in [3.05, 3.63) is 29.6 Å². The van der Waals surface area contributed by atoms with E-state index in [2.05, 4.69) is 12.2 Å². The van der Waals surface area contributed by atoms with Gasteiger partial charge in [0.25, 0.3) is 0 Å². The molecule has 0 fully saturated rings. The average Bonchev–Trinajstić information content (AvgIpc) is 2.37. The average molecular weight is 268 g/mol. The first-order chi connectivity index (χ1) is 9.06. The number of nitrogens with one attached hydrogen (secondary N) is 1. The van der Waals surface area contributed by atoms with Crippen LogP contribution in [0.25, 0.3) is 0 Å². The molecule has 0 radical (unpaired) electrons. The molecule has 3 nitrogen and oxygen atoms in total. The summed E-state index contributed by atoms with van der Waals surface area (Å²) in [5.74, 6) is 0.0851. The van der Waals surface area contributed by atoms with Gasteiger partial charge in [0.1, 0.15) is 6.61 Å². The molecular formula is C15H25FN2O. The Labute approximate surface area is 115 Å². The van der Waals surface area contributed by atoms with Gasteiger partial charge in [-0.2, -0.15) is 0 Å². The van der Waals surface area contributed by atoms with Gasteiger partial charge in [-0.05, 0) is 40.1 Å². The summed E-state index contributed by atoms with van der Waals surface area (Å²) < 4.78 is 19.5. The first-order valence-corrected chi connectivity index (χ1v) is 6.85. The molecular weight excluding hydrogens is 243 g/mol. The van der Waals surface area contributed by atoms with Crippen molar-refractivity contribution in [3.63, 3.8) is 0 Å². The van der Waals surface area contributed by atoms with Gasteiger partial charge in [-0.25, -0.2) is 4.39 Å². The Morgan fingerprint density at radius 1 is 1.37 bits per heavy atom. The minimum Gasteiger partial charge on any atom is -0.489 e. The Morgan fingerprint density at radius 3 is 2.74 bits per heavy atom. The summed E-state index contributed by atoms with van der Waals surface area (Å²) in [5, 5.41) is 3.36. The molecule has 0 aliphatic heterocycles. The van der Waals surface area contributed by atoms with E-state index < -0.39 is 0 Å².